The van der Waals surface area contributed by atoms with Crippen LogP contribution in [0.1, 0.15) is 28.6 Å². The van der Waals surface area contributed by atoms with Crippen molar-refractivity contribution in [2.24, 2.45) is 0 Å². The first-order valence-electron chi connectivity index (χ1n) is 9.54. The number of fused-ring (bicyclic) bond motifs is 3. The van der Waals surface area contributed by atoms with Gasteiger partial charge in [0.2, 0.25) is 5.78 Å². The van der Waals surface area contributed by atoms with Crippen LogP contribution in [0.4, 0.5) is 4.39 Å². The second-order valence-electron chi connectivity index (χ2n) is 7.19. The average Bonchev–Trinajstić information content (AvgIpc) is 3.14. The van der Waals surface area contributed by atoms with E-state index in [0.29, 0.717) is 28.0 Å². The summed E-state index contributed by atoms with van der Waals surface area (Å²) in [6.45, 7) is 5.91. The average molecular weight is 396 g/mol. The first-order valence-corrected chi connectivity index (χ1v) is 9.54. The lowest BCUT2D eigenvalue weighted by Crippen LogP contribution is -2.05. The number of hydrogen-bond acceptors (Lipinski definition) is 3. The van der Waals surface area contributed by atoms with Crippen LogP contribution in [0.25, 0.3) is 27.7 Å². The SMILES string of the molecule is C=C1C=C(C)c2ccc3oc(C(=O)c4ccccc4F)c(-c4ccccc4)c3c2O1. The van der Waals surface area contributed by atoms with Crippen molar-refractivity contribution in [3.05, 3.63) is 108 Å². The van der Waals surface area contributed by atoms with Gasteiger partial charge in [0.25, 0.3) is 0 Å². The Balaban J connectivity index is 1.86. The predicted octanol–water partition coefficient (Wildman–Crippen LogP) is 6.78. The van der Waals surface area contributed by atoms with E-state index in [1.54, 1.807) is 12.1 Å². The Morgan fingerprint density at radius 2 is 1.70 bits per heavy atom. The van der Waals surface area contributed by atoms with Gasteiger partial charge in [-0.15, -0.1) is 0 Å². The van der Waals surface area contributed by atoms with Crippen LogP contribution in [0.15, 0.2) is 89.6 Å². The van der Waals surface area contributed by atoms with E-state index >= 15 is 0 Å². The molecule has 0 saturated heterocycles. The van der Waals surface area contributed by atoms with Crippen molar-refractivity contribution >= 4 is 22.3 Å². The molecule has 3 aromatic carbocycles. The maximum Gasteiger partial charge on any atom is 0.231 e. The van der Waals surface area contributed by atoms with Crippen molar-refractivity contribution in [3.63, 3.8) is 0 Å². The van der Waals surface area contributed by atoms with E-state index in [-0.39, 0.29) is 11.3 Å². The molecule has 1 aromatic heterocycles. The zero-order chi connectivity index (χ0) is 20.8. The molecule has 3 nitrogen and oxygen atoms in total. The molecule has 4 heteroatoms. The molecule has 5 rings (SSSR count). The quantitative estimate of drug-likeness (QED) is 0.358. The largest absolute Gasteiger partial charge is 0.457 e. The van der Waals surface area contributed by atoms with E-state index in [1.807, 2.05) is 55.5 Å². The van der Waals surface area contributed by atoms with Gasteiger partial charge >= 0.3 is 0 Å². The third kappa shape index (κ3) is 2.77. The number of carbonyl (C=O) groups is 1. The van der Waals surface area contributed by atoms with Gasteiger partial charge in [-0.05, 0) is 48.4 Å². The molecule has 0 unspecified atom stereocenters. The summed E-state index contributed by atoms with van der Waals surface area (Å²) < 4.78 is 26.4. The molecule has 0 amide bonds. The van der Waals surface area contributed by atoms with E-state index in [4.69, 9.17) is 9.15 Å². The van der Waals surface area contributed by atoms with Crippen LogP contribution in [-0.4, -0.2) is 5.78 Å². The molecule has 0 radical (unpaired) electrons. The zero-order valence-corrected chi connectivity index (χ0v) is 16.2. The van der Waals surface area contributed by atoms with Gasteiger partial charge in [0.1, 0.15) is 22.9 Å². The molecule has 1 aliphatic heterocycles. The Kier molecular flexibility index (Phi) is 4.14. The van der Waals surface area contributed by atoms with Crippen LogP contribution < -0.4 is 4.74 Å². The van der Waals surface area contributed by atoms with Crippen LogP contribution in [0.2, 0.25) is 0 Å². The lowest BCUT2D eigenvalue weighted by atomic mass is 9.94. The van der Waals surface area contributed by atoms with Crippen LogP contribution in [0, 0.1) is 5.82 Å². The summed E-state index contributed by atoms with van der Waals surface area (Å²) in [7, 11) is 0. The molecule has 1 aliphatic rings. The second kappa shape index (κ2) is 6.85. The Hall–Kier alpha value is -3.92. The molecule has 4 aromatic rings. The minimum Gasteiger partial charge on any atom is -0.457 e. The summed E-state index contributed by atoms with van der Waals surface area (Å²) in [5, 5.41) is 0.673. The molecule has 146 valence electrons. The number of furan rings is 1. The lowest BCUT2D eigenvalue weighted by Gasteiger charge is -2.18. The highest BCUT2D eigenvalue weighted by Gasteiger charge is 2.29. The van der Waals surface area contributed by atoms with Crippen molar-refractivity contribution in [2.75, 3.05) is 0 Å². The van der Waals surface area contributed by atoms with Gasteiger partial charge in [0.15, 0.2) is 5.76 Å². The first kappa shape index (κ1) is 18.1. The van der Waals surface area contributed by atoms with Crippen LogP contribution in [0.5, 0.6) is 5.75 Å². The Morgan fingerprint density at radius 3 is 2.47 bits per heavy atom. The Labute approximate surface area is 172 Å². The highest BCUT2D eigenvalue weighted by Crippen LogP contribution is 2.46. The molecule has 0 bridgehead atoms. The smallest absolute Gasteiger partial charge is 0.231 e. The van der Waals surface area contributed by atoms with Gasteiger partial charge in [0, 0.05) is 11.1 Å². The van der Waals surface area contributed by atoms with E-state index in [1.165, 1.54) is 12.1 Å². The molecule has 0 aliphatic carbocycles. The molecular formula is C26H17FO3. The van der Waals surface area contributed by atoms with E-state index in [2.05, 4.69) is 6.58 Å². The molecule has 2 heterocycles. The highest BCUT2D eigenvalue weighted by molar-refractivity contribution is 6.17. The van der Waals surface area contributed by atoms with E-state index < -0.39 is 11.6 Å². The topological polar surface area (TPSA) is 39.4 Å². The predicted molar refractivity (Wildman–Crippen MR) is 115 cm³/mol. The second-order valence-corrected chi connectivity index (χ2v) is 7.19. The summed E-state index contributed by atoms with van der Waals surface area (Å²) in [4.78, 5) is 13.3. The van der Waals surface area contributed by atoms with Crippen molar-refractivity contribution in [1.82, 2.24) is 0 Å². The molecule has 30 heavy (non-hydrogen) atoms. The number of hydrogen-bond donors (Lipinski definition) is 0. The standard InChI is InChI=1S/C26H17FO3/c1-15-14-16(2)29-25-18(15)12-13-21-23(25)22(17-8-4-3-5-9-17)26(30-21)24(28)19-10-6-7-11-20(19)27/h3-14H,2H2,1H3. The molecule has 0 atom stereocenters. The van der Waals surface area contributed by atoms with Crippen molar-refractivity contribution in [1.29, 1.82) is 0 Å². The third-order valence-corrected chi connectivity index (χ3v) is 5.23. The summed E-state index contributed by atoms with van der Waals surface area (Å²) in [5.74, 6) is 0.0738. The molecule has 0 fully saturated rings. The van der Waals surface area contributed by atoms with Crippen LogP contribution >= 0.6 is 0 Å². The number of ether oxygens (including phenoxy) is 1. The van der Waals surface area contributed by atoms with Gasteiger partial charge in [-0.1, -0.05) is 49.0 Å². The molecule has 0 saturated carbocycles. The van der Waals surface area contributed by atoms with Gasteiger partial charge in [-0.3, -0.25) is 4.79 Å². The fourth-order valence-corrected chi connectivity index (χ4v) is 3.87. The highest BCUT2D eigenvalue weighted by atomic mass is 19.1. The third-order valence-electron chi connectivity index (χ3n) is 5.23. The first-order chi connectivity index (χ1) is 14.5. The summed E-state index contributed by atoms with van der Waals surface area (Å²) in [5.41, 5.74) is 3.73. The monoisotopic (exact) mass is 396 g/mol. The Bertz CT molecular complexity index is 1360. The van der Waals surface area contributed by atoms with Crippen LogP contribution in [-0.2, 0) is 0 Å². The summed E-state index contributed by atoms with van der Waals surface area (Å²) >= 11 is 0. The lowest BCUT2D eigenvalue weighted by molar-refractivity contribution is 0.101. The number of rotatable bonds is 3. The molecular weight excluding hydrogens is 379 g/mol. The van der Waals surface area contributed by atoms with Gasteiger partial charge in [-0.25, -0.2) is 4.39 Å². The van der Waals surface area contributed by atoms with Crippen molar-refractivity contribution < 1.29 is 18.3 Å². The fourth-order valence-electron chi connectivity index (χ4n) is 3.87. The minimum atomic E-state index is -0.590. The normalized spacial score (nSPS) is 13.0. The number of benzene rings is 3. The fraction of sp³-hybridized carbons (Fsp3) is 0.0385. The van der Waals surface area contributed by atoms with Crippen molar-refractivity contribution in [3.8, 4) is 16.9 Å². The summed E-state index contributed by atoms with van der Waals surface area (Å²) in [6, 6.07) is 19.0. The molecule has 0 spiro atoms. The van der Waals surface area contributed by atoms with Crippen molar-refractivity contribution in [2.45, 2.75) is 6.92 Å². The summed E-state index contributed by atoms with van der Waals surface area (Å²) in [6.07, 6.45) is 1.86. The number of carbonyl (C=O) groups excluding carboxylic acids is 1. The number of allylic oxidation sites excluding steroid dienone is 2. The van der Waals surface area contributed by atoms with Gasteiger partial charge < -0.3 is 9.15 Å². The van der Waals surface area contributed by atoms with Gasteiger partial charge in [-0.2, -0.15) is 0 Å². The molecule has 0 N–H and O–H groups in total. The Morgan fingerprint density at radius 1 is 0.967 bits per heavy atom. The van der Waals surface area contributed by atoms with E-state index in [9.17, 15) is 9.18 Å². The number of ketones is 1. The van der Waals surface area contributed by atoms with E-state index in [0.717, 1.165) is 16.7 Å². The maximum absolute atomic E-state index is 14.4. The maximum atomic E-state index is 14.4. The van der Waals surface area contributed by atoms with Crippen LogP contribution in [0.3, 0.4) is 0 Å². The van der Waals surface area contributed by atoms with Gasteiger partial charge in [0.05, 0.1) is 10.9 Å². The zero-order valence-electron chi connectivity index (χ0n) is 16.2. The number of halogens is 1. The minimum absolute atomic E-state index is 0.0380.